The molecule has 5 heteroatoms. The lowest BCUT2D eigenvalue weighted by molar-refractivity contribution is 0.306. The van der Waals surface area contributed by atoms with Crippen LogP contribution in [0, 0.1) is 5.82 Å². The third kappa shape index (κ3) is 2.35. The number of fused-ring (bicyclic) bond motifs is 1. The van der Waals surface area contributed by atoms with Gasteiger partial charge in [-0.15, -0.1) is 0 Å². The van der Waals surface area contributed by atoms with E-state index in [0.717, 1.165) is 16.5 Å². The molecule has 2 aromatic carbocycles. The molecule has 0 spiro atoms. The first-order valence-corrected chi connectivity index (χ1v) is 5.83. The van der Waals surface area contributed by atoms with E-state index in [0.29, 0.717) is 18.2 Å². The Morgan fingerprint density at radius 3 is 2.95 bits per heavy atom. The molecule has 0 aliphatic rings. The van der Waals surface area contributed by atoms with E-state index in [1.54, 1.807) is 6.07 Å². The highest BCUT2D eigenvalue weighted by molar-refractivity contribution is 5.89. The minimum Gasteiger partial charge on any atom is -0.489 e. The lowest BCUT2D eigenvalue weighted by atomic mass is 10.2. The molecule has 0 aliphatic heterocycles. The molecule has 0 saturated carbocycles. The van der Waals surface area contributed by atoms with Crippen molar-refractivity contribution in [1.82, 2.24) is 10.2 Å². The van der Waals surface area contributed by atoms with E-state index >= 15 is 0 Å². The number of nitrogen functional groups attached to an aromatic ring is 1. The topological polar surface area (TPSA) is 63.9 Å². The smallest absolute Gasteiger partial charge is 0.153 e. The number of aromatic amines is 1. The third-order valence-electron chi connectivity index (χ3n) is 2.86. The Bertz CT molecular complexity index is 724. The predicted octanol–water partition coefficient (Wildman–Crippen LogP) is 2.86. The van der Waals surface area contributed by atoms with Crippen molar-refractivity contribution in [2.24, 2.45) is 0 Å². The second kappa shape index (κ2) is 4.61. The molecule has 3 aromatic rings. The Balaban J connectivity index is 1.79. The van der Waals surface area contributed by atoms with Gasteiger partial charge >= 0.3 is 0 Å². The van der Waals surface area contributed by atoms with Crippen molar-refractivity contribution in [3.63, 3.8) is 0 Å². The van der Waals surface area contributed by atoms with Gasteiger partial charge in [0.1, 0.15) is 18.2 Å². The molecule has 3 N–H and O–H groups in total. The van der Waals surface area contributed by atoms with Crippen LogP contribution in [0.2, 0.25) is 0 Å². The van der Waals surface area contributed by atoms with Crippen LogP contribution in [0.15, 0.2) is 42.5 Å². The molecule has 0 radical (unpaired) electrons. The van der Waals surface area contributed by atoms with Crippen molar-refractivity contribution in [3.05, 3.63) is 53.8 Å². The SMILES string of the molecule is Nc1n[nH]c2ccc(OCc3cccc(F)c3)cc12. The fraction of sp³-hybridized carbons (Fsp3) is 0.0714. The maximum absolute atomic E-state index is 13.0. The lowest BCUT2D eigenvalue weighted by Crippen LogP contribution is -1.95. The van der Waals surface area contributed by atoms with Gasteiger partial charge < -0.3 is 10.5 Å². The summed E-state index contributed by atoms with van der Waals surface area (Å²) < 4.78 is 18.6. The van der Waals surface area contributed by atoms with Crippen LogP contribution in [-0.2, 0) is 6.61 Å². The van der Waals surface area contributed by atoms with Crippen LogP contribution in [-0.4, -0.2) is 10.2 Å². The second-order valence-electron chi connectivity index (χ2n) is 4.23. The first-order chi connectivity index (χ1) is 9.22. The summed E-state index contributed by atoms with van der Waals surface area (Å²) in [7, 11) is 0. The Hall–Kier alpha value is -2.56. The summed E-state index contributed by atoms with van der Waals surface area (Å²) in [4.78, 5) is 0. The number of nitrogens with two attached hydrogens (primary N) is 1. The fourth-order valence-corrected chi connectivity index (χ4v) is 1.90. The van der Waals surface area contributed by atoms with Gasteiger partial charge in [-0.3, -0.25) is 5.10 Å². The van der Waals surface area contributed by atoms with Crippen LogP contribution < -0.4 is 10.5 Å². The molecule has 1 heterocycles. The van der Waals surface area contributed by atoms with Crippen LogP contribution in [0.25, 0.3) is 10.9 Å². The van der Waals surface area contributed by atoms with Gasteiger partial charge in [-0.05, 0) is 35.9 Å². The summed E-state index contributed by atoms with van der Waals surface area (Å²) in [6, 6.07) is 11.8. The molecule has 3 rings (SSSR count). The van der Waals surface area contributed by atoms with Gasteiger partial charge in [-0.25, -0.2) is 4.39 Å². The molecule has 0 unspecified atom stereocenters. The Labute approximate surface area is 109 Å². The molecule has 4 nitrogen and oxygen atoms in total. The lowest BCUT2D eigenvalue weighted by Gasteiger charge is -2.06. The van der Waals surface area contributed by atoms with Crippen molar-refractivity contribution in [2.75, 3.05) is 5.73 Å². The average molecular weight is 257 g/mol. The molecule has 19 heavy (non-hydrogen) atoms. The maximum atomic E-state index is 13.0. The van der Waals surface area contributed by atoms with E-state index in [1.165, 1.54) is 12.1 Å². The highest BCUT2D eigenvalue weighted by Gasteiger charge is 2.04. The Kier molecular flexibility index (Phi) is 2.79. The van der Waals surface area contributed by atoms with E-state index in [-0.39, 0.29) is 5.82 Å². The second-order valence-corrected chi connectivity index (χ2v) is 4.23. The van der Waals surface area contributed by atoms with E-state index in [9.17, 15) is 4.39 Å². The number of halogens is 1. The van der Waals surface area contributed by atoms with Crippen LogP contribution in [0.3, 0.4) is 0 Å². The number of hydrogen-bond acceptors (Lipinski definition) is 3. The summed E-state index contributed by atoms with van der Waals surface area (Å²) in [5.74, 6) is 0.840. The molecule has 0 aliphatic carbocycles. The van der Waals surface area contributed by atoms with E-state index in [2.05, 4.69) is 10.2 Å². The van der Waals surface area contributed by atoms with Gasteiger partial charge in [-0.1, -0.05) is 12.1 Å². The minimum absolute atomic E-state index is 0.268. The van der Waals surface area contributed by atoms with E-state index in [1.807, 2.05) is 24.3 Å². The summed E-state index contributed by atoms with van der Waals surface area (Å²) in [6.07, 6.45) is 0. The van der Waals surface area contributed by atoms with Crippen molar-refractivity contribution < 1.29 is 9.13 Å². The molecule has 0 bridgehead atoms. The van der Waals surface area contributed by atoms with Gasteiger partial charge in [0.25, 0.3) is 0 Å². The van der Waals surface area contributed by atoms with Gasteiger partial charge in [0.05, 0.1) is 5.52 Å². The van der Waals surface area contributed by atoms with Gasteiger partial charge in [-0.2, -0.15) is 5.10 Å². The average Bonchev–Trinajstić information content (AvgIpc) is 2.78. The monoisotopic (exact) mass is 257 g/mol. The van der Waals surface area contributed by atoms with Crippen molar-refractivity contribution in [2.45, 2.75) is 6.61 Å². The number of benzene rings is 2. The number of hydrogen-bond donors (Lipinski definition) is 2. The molecule has 1 aromatic heterocycles. The number of nitrogens with zero attached hydrogens (tertiary/aromatic N) is 1. The zero-order valence-corrected chi connectivity index (χ0v) is 10.1. The first kappa shape index (κ1) is 11.5. The summed E-state index contributed by atoms with van der Waals surface area (Å²) in [5, 5.41) is 7.55. The van der Waals surface area contributed by atoms with Crippen molar-refractivity contribution in [3.8, 4) is 5.75 Å². The molecule has 0 amide bonds. The summed E-state index contributed by atoms with van der Waals surface area (Å²) >= 11 is 0. The zero-order chi connectivity index (χ0) is 13.2. The van der Waals surface area contributed by atoms with Gasteiger partial charge in [0, 0.05) is 5.39 Å². The number of rotatable bonds is 3. The van der Waals surface area contributed by atoms with E-state index in [4.69, 9.17) is 10.5 Å². The molecule has 0 fully saturated rings. The summed E-state index contributed by atoms with van der Waals surface area (Å²) in [5.41, 5.74) is 7.36. The van der Waals surface area contributed by atoms with Crippen LogP contribution in [0.4, 0.5) is 10.2 Å². The number of nitrogens with one attached hydrogen (secondary N) is 1. The largest absolute Gasteiger partial charge is 0.489 e. The fourth-order valence-electron chi connectivity index (χ4n) is 1.90. The standard InChI is InChI=1S/C14H12FN3O/c15-10-3-1-2-9(6-10)8-19-11-4-5-13-12(7-11)14(16)18-17-13/h1-7H,8H2,(H3,16,17,18). The number of ether oxygens (including phenoxy) is 1. The molecular formula is C14H12FN3O. The van der Waals surface area contributed by atoms with Crippen molar-refractivity contribution in [1.29, 1.82) is 0 Å². The Morgan fingerprint density at radius 1 is 1.21 bits per heavy atom. The van der Waals surface area contributed by atoms with Gasteiger partial charge in [0.15, 0.2) is 5.82 Å². The maximum Gasteiger partial charge on any atom is 0.153 e. The molecule has 0 atom stereocenters. The van der Waals surface area contributed by atoms with E-state index < -0.39 is 0 Å². The predicted molar refractivity (Wildman–Crippen MR) is 71.2 cm³/mol. The summed E-state index contributed by atoms with van der Waals surface area (Å²) in [6.45, 7) is 0.307. The van der Waals surface area contributed by atoms with Crippen LogP contribution >= 0.6 is 0 Å². The molecule has 96 valence electrons. The van der Waals surface area contributed by atoms with Crippen LogP contribution in [0.1, 0.15) is 5.56 Å². The quantitative estimate of drug-likeness (QED) is 0.758. The molecular weight excluding hydrogens is 245 g/mol. The van der Waals surface area contributed by atoms with Gasteiger partial charge in [0.2, 0.25) is 0 Å². The number of anilines is 1. The zero-order valence-electron chi connectivity index (χ0n) is 10.1. The third-order valence-corrected chi connectivity index (χ3v) is 2.86. The highest BCUT2D eigenvalue weighted by atomic mass is 19.1. The molecule has 0 saturated heterocycles. The van der Waals surface area contributed by atoms with Crippen LogP contribution in [0.5, 0.6) is 5.75 Å². The first-order valence-electron chi connectivity index (χ1n) is 5.83. The number of H-pyrrole nitrogens is 1. The minimum atomic E-state index is -0.268. The normalized spacial score (nSPS) is 10.8. The number of aromatic nitrogens is 2. The Morgan fingerprint density at radius 2 is 2.11 bits per heavy atom. The highest BCUT2D eigenvalue weighted by Crippen LogP contribution is 2.23. The van der Waals surface area contributed by atoms with Crippen molar-refractivity contribution >= 4 is 16.7 Å².